The minimum Gasteiger partial charge on any atom is -0.344 e. The highest BCUT2D eigenvalue weighted by atomic mass is 19.1. The summed E-state index contributed by atoms with van der Waals surface area (Å²) in [6.45, 7) is 3.99. The molecule has 2 unspecified atom stereocenters. The second-order valence-corrected chi connectivity index (χ2v) is 5.52. The lowest BCUT2D eigenvalue weighted by molar-refractivity contribution is -0.135. The Bertz CT molecular complexity index is 533. The van der Waals surface area contributed by atoms with Crippen molar-refractivity contribution in [3.8, 4) is 0 Å². The van der Waals surface area contributed by atoms with Crippen molar-refractivity contribution in [1.82, 2.24) is 10.2 Å². The number of nitrogens with zero attached hydrogens (tertiary/aromatic N) is 1. The molecule has 2 atom stereocenters. The summed E-state index contributed by atoms with van der Waals surface area (Å²) in [6, 6.07) is 5.69. The first-order chi connectivity index (χ1) is 10.0. The van der Waals surface area contributed by atoms with E-state index in [0.717, 1.165) is 6.42 Å². The number of halogens is 1. The van der Waals surface area contributed by atoms with E-state index in [1.54, 1.807) is 23.1 Å². The monoisotopic (exact) mass is 292 g/mol. The van der Waals surface area contributed by atoms with Gasteiger partial charge in [-0.1, -0.05) is 31.5 Å². The Morgan fingerprint density at radius 3 is 2.71 bits per heavy atom. The summed E-state index contributed by atoms with van der Waals surface area (Å²) in [5.74, 6) is -0.572. The van der Waals surface area contributed by atoms with Crippen LogP contribution in [0.5, 0.6) is 0 Å². The van der Waals surface area contributed by atoms with Crippen molar-refractivity contribution in [3.63, 3.8) is 0 Å². The van der Waals surface area contributed by atoms with Gasteiger partial charge in [-0.2, -0.15) is 0 Å². The maximum Gasteiger partial charge on any atom is 0.245 e. The minimum atomic E-state index is -0.501. The first-order valence-electron chi connectivity index (χ1n) is 7.36. The van der Waals surface area contributed by atoms with Gasteiger partial charge >= 0.3 is 0 Å². The third kappa shape index (κ3) is 3.60. The largest absolute Gasteiger partial charge is 0.344 e. The van der Waals surface area contributed by atoms with E-state index in [-0.39, 0.29) is 36.6 Å². The SMILES string of the molecule is CCCC1NC(=O)CC(C)N(Cc2ccccc2F)C1=O. The predicted octanol–water partition coefficient (Wildman–Crippen LogP) is 2.23. The Kier molecular flexibility index (Phi) is 4.94. The molecule has 2 rings (SSSR count). The lowest BCUT2D eigenvalue weighted by Crippen LogP contribution is -2.46. The summed E-state index contributed by atoms with van der Waals surface area (Å²) in [7, 11) is 0. The van der Waals surface area contributed by atoms with Gasteiger partial charge in [0.25, 0.3) is 0 Å². The molecule has 1 aromatic carbocycles. The first-order valence-corrected chi connectivity index (χ1v) is 7.36. The van der Waals surface area contributed by atoms with Crippen molar-refractivity contribution in [2.24, 2.45) is 0 Å². The average molecular weight is 292 g/mol. The van der Waals surface area contributed by atoms with Gasteiger partial charge in [-0.15, -0.1) is 0 Å². The molecule has 0 aliphatic carbocycles. The standard InChI is InChI=1S/C16H21FN2O2/c1-3-6-14-16(21)19(11(2)9-15(20)18-14)10-12-7-4-5-8-13(12)17/h4-5,7-8,11,14H,3,6,9-10H2,1-2H3,(H,18,20). The summed E-state index contributed by atoms with van der Waals surface area (Å²) >= 11 is 0. The molecule has 0 saturated carbocycles. The summed E-state index contributed by atoms with van der Waals surface area (Å²) < 4.78 is 13.8. The number of carbonyl (C=O) groups excluding carboxylic acids is 2. The van der Waals surface area contributed by atoms with Gasteiger partial charge in [0.2, 0.25) is 11.8 Å². The van der Waals surface area contributed by atoms with E-state index in [0.29, 0.717) is 12.0 Å². The van der Waals surface area contributed by atoms with Crippen LogP contribution in [0.3, 0.4) is 0 Å². The van der Waals surface area contributed by atoms with Crippen LogP contribution >= 0.6 is 0 Å². The van der Waals surface area contributed by atoms with Crippen molar-refractivity contribution >= 4 is 11.8 Å². The molecule has 2 amide bonds. The minimum absolute atomic E-state index is 0.120. The Morgan fingerprint density at radius 1 is 1.33 bits per heavy atom. The molecule has 0 aromatic heterocycles. The zero-order chi connectivity index (χ0) is 15.4. The Hall–Kier alpha value is -1.91. The van der Waals surface area contributed by atoms with Crippen molar-refractivity contribution in [2.75, 3.05) is 0 Å². The molecule has 1 N–H and O–H groups in total. The lowest BCUT2D eigenvalue weighted by Gasteiger charge is -2.29. The number of hydrogen-bond acceptors (Lipinski definition) is 2. The fourth-order valence-electron chi connectivity index (χ4n) is 2.64. The van der Waals surface area contributed by atoms with Crippen molar-refractivity contribution in [2.45, 2.75) is 51.7 Å². The number of nitrogens with one attached hydrogen (secondary N) is 1. The van der Waals surface area contributed by atoms with Crippen LogP contribution in [0.15, 0.2) is 24.3 Å². The summed E-state index contributed by atoms with van der Waals surface area (Å²) in [5.41, 5.74) is 0.474. The molecule has 1 aliphatic heterocycles. The van der Waals surface area contributed by atoms with E-state index >= 15 is 0 Å². The molecule has 0 spiro atoms. The van der Waals surface area contributed by atoms with Gasteiger partial charge in [-0.3, -0.25) is 9.59 Å². The number of benzene rings is 1. The summed E-state index contributed by atoms with van der Waals surface area (Å²) in [5, 5.41) is 2.77. The van der Waals surface area contributed by atoms with E-state index < -0.39 is 6.04 Å². The summed E-state index contributed by atoms with van der Waals surface area (Å²) in [4.78, 5) is 26.0. The lowest BCUT2D eigenvalue weighted by atomic mass is 10.1. The van der Waals surface area contributed by atoms with Gasteiger partial charge in [0.05, 0.1) is 0 Å². The number of rotatable bonds is 4. The van der Waals surface area contributed by atoms with Gasteiger partial charge in [0, 0.05) is 24.6 Å². The smallest absolute Gasteiger partial charge is 0.245 e. The van der Waals surface area contributed by atoms with Gasteiger partial charge in [0.1, 0.15) is 11.9 Å². The number of amides is 2. The van der Waals surface area contributed by atoms with Crippen LogP contribution in [-0.2, 0) is 16.1 Å². The van der Waals surface area contributed by atoms with Crippen LogP contribution in [0, 0.1) is 5.82 Å². The number of hydrogen-bond donors (Lipinski definition) is 1. The molecule has 21 heavy (non-hydrogen) atoms. The Balaban J connectivity index is 2.24. The normalized spacial score (nSPS) is 22.9. The molecule has 0 radical (unpaired) electrons. The molecule has 0 bridgehead atoms. The topological polar surface area (TPSA) is 49.4 Å². The third-order valence-electron chi connectivity index (χ3n) is 3.81. The average Bonchev–Trinajstić information content (AvgIpc) is 2.53. The van der Waals surface area contributed by atoms with Crippen LogP contribution in [0.4, 0.5) is 4.39 Å². The van der Waals surface area contributed by atoms with Crippen LogP contribution in [0.25, 0.3) is 0 Å². The maximum absolute atomic E-state index is 13.8. The van der Waals surface area contributed by atoms with Crippen molar-refractivity contribution < 1.29 is 14.0 Å². The van der Waals surface area contributed by atoms with Crippen molar-refractivity contribution in [1.29, 1.82) is 0 Å². The number of carbonyl (C=O) groups is 2. The summed E-state index contributed by atoms with van der Waals surface area (Å²) in [6.07, 6.45) is 1.66. The molecule has 5 heteroatoms. The van der Waals surface area contributed by atoms with Crippen LogP contribution < -0.4 is 5.32 Å². The Labute approximate surface area is 124 Å². The fraction of sp³-hybridized carbons (Fsp3) is 0.500. The van der Waals surface area contributed by atoms with Crippen molar-refractivity contribution in [3.05, 3.63) is 35.6 Å². The molecular formula is C16H21FN2O2. The quantitative estimate of drug-likeness (QED) is 0.925. The highest BCUT2D eigenvalue weighted by molar-refractivity contribution is 5.90. The van der Waals surface area contributed by atoms with Gasteiger partial charge in [-0.05, 0) is 19.4 Å². The molecule has 1 aliphatic rings. The highest BCUT2D eigenvalue weighted by Crippen LogP contribution is 2.18. The van der Waals surface area contributed by atoms with Crippen LogP contribution in [0.2, 0.25) is 0 Å². The van der Waals surface area contributed by atoms with E-state index in [9.17, 15) is 14.0 Å². The fourth-order valence-corrected chi connectivity index (χ4v) is 2.64. The predicted molar refractivity (Wildman–Crippen MR) is 77.9 cm³/mol. The molecule has 1 fully saturated rings. The van der Waals surface area contributed by atoms with Gasteiger partial charge in [-0.25, -0.2) is 4.39 Å². The zero-order valence-corrected chi connectivity index (χ0v) is 12.4. The van der Waals surface area contributed by atoms with Gasteiger partial charge < -0.3 is 10.2 Å². The van der Waals surface area contributed by atoms with E-state index in [1.807, 2.05) is 13.8 Å². The maximum atomic E-state index is 13.8. The first kappa shape index (κ1) is 15.5. The zero-order valence-electron chi connectivity index (χ0n) is 12.4. The second-order valence-electron chi connectivity index (χ2n) is 5.52. The second kappa shape index (κ2) is 6.70. The van der Waals surface area contributed by atoms with Crippen LogP contribution in [-0.4, -0.2) is 28.8 Å². The molecule has 4 nitrogen and oxygen atoms in total. The van der Waals surface area contributed by atoms with Gasteiger partial charge in [0.15, 0.2) is 0 Å². The van der Waals surface area contributed by atoms with Crippen LogP contribution in [0.1, 0.15) is 38.7 Å². The molecule has 114 valence electrons. The Morgan fingerprint density at radius 2 is 2.05 bits per heavy atom. The van der Waals surface area contributed by atoms with E-state index in [4.69, 9.17) is 0 Å². The third-order valence-corrected chi connectivity index (χ3v) is 3.81. The molecule has 1 heterocycles. The van der Waals surface area contributed by atoms with E-state index in [1.165, 1.54) is 6.07 Å². The molecule has 1 aromatic rings. The highest BCUT2D eigenvalue weighted by Gasteiger charge is 2.33. The molecular weight excluding hydrogens is 271 g/mol. The van der Waals surface area contributed by atoms with E-state index in [2.05, 4.69) is 5.32 Å². The molecule has 1 saturated heterocycles.